The molecule has 0 unspecified atom stereocenters. The first-order chi connectivity index (χ1) is 8.97. The van der Waals surface area contributed by atoms with Gasteiger partial charge in [0.05, 0.1) is 6.10 Å². The average Bonchev–Trinajstić information content (AvgIpc) is 2.36. The summed E-state index contributed by atoms with van der Waals surface area (Å²) in [5.41, 5.74) is 3.01. The second kappa shape index (κ2) is 5.72. The van der Waals surface area contributed by atoms with Gasteiger partial charge in [-0.2, -0.15) is 0 Å². The van der Waals surface area contributed by atoms with Gasteiger partial charge in [-0.3, -0.25) is 0 Å². The minimum atomic E-state index is -0.529. The number of aromatic nitrogens is 1. The molecule has 1 N–H and O–H groups in total. The number of aliphatic hydroxyl groups is 1. The maximum atomic E-state index is 9.55. The van der Waals surface area contributed by atoms with Crippen LogP contribution in [0.3, 0.4) is 0 Å². The molecule has 19 heavy (non-hydrogen) atoms. The fourth-order valence-electron chi connectivity index (χ4n) is 1.83. The van der Waals surface area contributed by atoms with Gasteiger partial charge in [0.15, 0.2) is 0 Å². The van der Waals surface area contributed by atoms with Crippen LogP contribution < -0.4 is 4.74 Å². The molecule has 0 aliphatic carbocycles. The molecule has 0 aliphatic rings. The van der Waals surface area contributed by atoms with Crippen molar-refractivity contribution in [2.24, 2.45) is 0 Å². The third-order valence-electron chi connectivity index (χ3n) is 2.87. The zero-order valence-corrected chi connectivity index (χ0v) is 12.7. The molecule has 0 fully saturated rings. The van der Waals surface area contributed by atoms with Gasteiger partial charge < -0.3 is 9.84 Å². The summed E-state index contributed by atoms with van der Waals surface area (Å²) in [7, 11) is 0. The van der Waals surface area contributed by atoms with Crippen LogP contribution in [-0.4, -0.2) is 10.1 Å². The van der Waals surface area contributed by atoms with Crippen molar-refractivity contribution < 1.29 is 9.84 Å². The van der Waals surface area contributed by atoms with Crippen molar-refractivity contribution in [3.05, 3.63) is 51.6 Å². The molecular formula is C15H16BrNO2. The van der Waals surface area contributed by atoms with Crippen LogP contribution in [0.25, 0.3) is 0 Å². The number of aryl methyl sites for hydroxylation is 2. The lowest BCUT2D eigenvalue weighted by molar-refractivity contribution is 0.198. The van der Waals surface area contributed by atoms with Crippen LogP contribution in [0.2, 0.25) is 0 Å². The number of halogens is 1. The summed E-state index contributed by atoms with van der Waals surface area (Å²) in [5.74, 6) is 1.23. The van der Waals surface area contributed by atoms with Gasteiger partial charge in [0.25, 0.3) is 0 Å². The molecule has 0 amide bonds. The fraction of sp³-hybridized carbons (Fsp3) is 0.267. The lowest BCUT2D eigenvalue weighted by Gasteiger charge is -2.10. The van der Waals surface area contributed by atoms with Gasteiger partial charge in [0, 0.05) is 16.7 Å². The Bertz CT molecular complexity index is 573. The minimum absolute atomic E-state index is 0.486. The van der Waals surface area contributed by atoms with Gasteiger partial charge in [-0.05, 0) is 55.7 Å². The van der Waals surface area contributed by atoms with E-state index in [1.807, 2.05) is 26.0 Å². The molecule has 1 aromatic heterocycles. The van der Waals surface area contributed by atoms with Crippen molar-refractivity contribution in [2.75, 3.05) is 0 Å². The lowest BCUT2D eigenvalue weighted by atomic mass is 10.1. The van der Waals surface area contributed by atoms with Gasteiger partial charge in [0.2, 0.25) is 5.88 Å². The summed E-state index contributed by atoms with van der Waals surface area (Å²) in [6.07, 6.45) is 1.11. The van der Waals surface area contributed by atoms with Crippen molar-refractivity contribution in [1.82, 2.24) is 4.98 Å². The van der Waals surface area contributed by atoms with E-state index in [0.29, 0.717) is 5.88 Å². The number of aliphatic hydroxyl groups excluding tert-OH is 1. The zero-order valence-electron chi connectivity index (χ0n) is 11.1. The third kappa shape index (κ3) is 3.33. The highest BCUT2D eigenvalue weighted by Gasteiger charge is 2.07. The smallest absolute Gasteiger partial charge is 0.219 e. The van der Waals surface area contributed by atoms with Gasteiger partial charge in [-0.1, -0.05) is 15.9 Å². The number of hydrogen-bond donors (Lipinski definition) is 1. The quantitative estimate of drug-likeness (QED) is 0.916. The number of ether oxygens (including phenoxy) is 1. The number of benzene rings is 1. The van der Waals surface area contributed by atoms with Crippen LogP contribution in [-0.2, 0) is 0 Å². The molecule has 1 aromatic carbocycles. The molecule has 1 atom stereocenters. The molecule has 0 saturated carbocycles. The molecule has 0 radical (unpaired) electrons. The topological polar surface area (TPSA) is 42.4 Å². The maximum Gasteiger partial charge on any atom is 0.219 e. The summed E-state index contributed by atoms with van der Waals surface area (Å²) in [6.45, 7) is 5.75. The van der Waals surface area contributed by atoms with E-state index in [9.17, 15) is 5.11 Å². The van der Waals surface area contributed by atoms with Crippen LogP contribution in [0.4, 0.5) is 0 Å². The Labute approximate surface area is 121 Å². The molecule has 4 heteroatoms. The first-order valence-corrected chi connectivity index (χ1v) is 6.85. The van der Waals surface area contributed by atoms with Crippen molar-refractivity contribution in [1.29, 1.82) is 0 Å². The van der Waals surface area contributed by atoms with Crippen molar-refractivity contribution >= 4 is 15.9 Å². The Morgan fingerprint density at radius 2 is 1.84 bits per heavy atom. The van der Waals surface area contributed by atoms with Crippen molar-refractivity contribution in [2.45, 2.75) is 26.9 Å². The Morgan fingerprint density at radius 1 is 1.21 bits per heavy atom. The van der Waals surface area contributed by atoms with Gasteiger partial charge in [-0.25, -0.2) is 4.98 Å². The lowest BCUT2D eigenvalue weighted by Crippen LogP contribution is -1.95. The van der Waals surface area contributed by atoms with Gasteiger partial charge in [-0.15, -0.1) is 0 Å². The first kappa shape index (κ1) is 14.0. The summed E-state index contributed by atoms with van der Waals surface area (Å²) in [5, 5.41) is 9.55. The predicted octanol–water partition coefficient (Wildman–Crippen LogP) is 4.31. The predicted molar refractivity (Wildman–Crippen MR) is 78.6 cm³/mol. The third-order valence-corrected chi connectivity index (χ3v) is 4.12. The van der Waals surface area contributed by atoms with E-state index in [-0.39, 0.29) is 0 Å². The molecule has 2 aromatic rings. The minimum Gasteiger partial charge on any atom is -0.439 e. The molecule has 3 nitrogen and oxygen atoms in total. The molecule has 0 spiro atoms. The second-order valence-corrected chi connectivity index (χ2v) is 5.37. The van der Waals surface area contributed by atoms with E-state index in [1.165, 1.54) is 0 Å². The highest BCUT2D eigenvalue weighted by atomic mass is 79.9. The van der Waals surface area contributed by atoms with Crippen LogP contribution in [0, 0.1) is 13.8 Å². The Morgan fingerprint density at radius 3 is 2.42 bits per heavy atom. The number of pyridine rings is 1. The first-order valence-electron chi connectivity index (χ1n) is 6.06. The highest BCUT2D eigenvalue weighted by Crippen LogP contribution is 2.29. The van der Waals surface area contributed by atoms with Crippen molar-refractivity contribution in [3.8, 4) is 11.6 Å². The van der Waals surface area contributed by atoms with Gasteiger partial charge in [0.1, 0.15) is 5.75 Å². The Balaban J connectivity index is 2.28. The number of nitrogens with zero attached hydrogens (tertiary/aromatic N) is 1. The van der Waals surface area contributed by atoms with E-state index in [1.54, 1.807) is 25.3 Å². The molecule has 0 aliphatic heterocycles. The summed E-state index contributed by atoms with van der Waals surface area (Å²) >= 11 is 3.53. The Hall–Kier alpha value is -1.39. The van der Waals surface area contributed by atoms with Crippen LogP contribution >= 0.6 is 15.9 Å². The zero-order chi connectivity index (χ0) is 14.0. The summed E-state index contributed by atoms with van der Waals surface area (Å²) in [6, 6.07) is 7.43. The van der Waals surface area contributed by atoms with Gasteiger partial charge >= 0.3 is 0 Å². The van der Waals surface area contributed by atoms with Crippen molar-refractivity contribution in [3.63, 3.8) is 0 Å². The van der Waals surface area contributed by atoms with E-state index in [4.69, 9.17) is 4.74 Å². The molecule has 1 heterocycles. The van der Waals surface area contributed by atoms with E-state index >= 15 is 0 Å². The maximum absolute atomic E-state index is 9.55. The number of rotatable bonds is 3. The molecule has 2 rings (SSSR count). The highest BCUT2D eigenvalue weighted by molar-refractivity contribution is 9.10. The monoisotopic (exact) mass is 321 g/mol. The SMILES string of the molecule is Cc1cc(Oc2cc([C@@H](C)O)ccn2)cc(C)c1Br. The second-order valence-electron chi connectivity index (χ2n) is 4.58. The molecule has 0 bridgehead atoms. The molecule has 100 valence electrons. The Kier molecular flexibility index (Phi) is 4.22. The normalized spacial score (nSPS) is 12.3. The van der Waals surface area contributed by atoms with E-state index < -0.39 is 6.10 Å². The largest absolute Gasteiger partial charge is 0.439 e. The standard InChI is InChI=1S/C15H16BrNO2/c1-9-6-13(7-10(2)15(9)16)19-14-8-12(11(3)18)4-5-17-14/h4-8,11,18H,1-3H3/t11-/m1/s1. The summed E-state index contributed by atoms with van der Waals surface area (Å²) < 4.78 is 6.83. The van der Waals surface area contributed by atoms with Crippen LogP contribution in [0.5, 0.6) is 11.6 Å². The summed E-state index contributed by atoms with van der Waals surface area (Å²) in [4.78, 5) is 4.15. The average molecular weight is 322 g/mol. The van der Waals surface area contributed by atoms with Crippen LogP contribution in [0.15, 0.2) is 34.9 Å². The molecule has 0 saturated heterocycles. The van der Waals surface area contributed by atoms with Crippen LogP contribution in [0.1, 0.15) is 29.7 Å². The van der Waals surface area contributed by atoms with E-state index in [0.717, 1.165) is 26.9 Å². The van der Waals surface area contributed by atoms with E-state index in [2.05, 4.69) is 20.9 Å². The molecular weight excluding hydrogens is 306 g/mol. The fourth-order valence-corrected chi connectivity index (χ4v) is 2.06. The number of hydrogen-bond acceptors (Lipinski definition) is 3.